The summed E-state index contributed by atoms with van der Waals surface area (Å²) in [4.78, 5) is 30.0. The second-order valence-corrected chi connectivity index (χ2v) is 10.8. The SMILES string of the molecule is CON=C1C=C2C(C)CC3C(CCC4(C)C3CCC4(OC(C)=O)C(=O)CO)C2(C)CC1. The van der Waals surface area contributed by atoms with E-state index in [-0.39, 0.29) is 11.2 Å². The molecule has 0 aromatic heterocycles. The zero-order valence-corrected chi connectivity index (χ0v) is 19.6. The van der Waals surface area contributed by atoms with Gasteiger partial charge in [-0.1, -0.05) is 31.5 Å². The van der Waals surface area contributed by atoms with Crippen LogP contribution in [0.5, 0.6) is 0 Å². The van der Waals surface area contributed by atoms with E-state index < -0.39 is 23.6 Å². The Bertz CT molecular complexity index is 834. The summed E-state index contributed by atoms with van der Waals surface area (Å²) in [5, 5.41) is 14.0. The first-order chi connectivity index (χ1) is 14.6. The fourth-order valence-electron chi connectivity index (χ4n) is 8.24. The molecule has 7 atom stereocenters. The zero-order valence-electron chi connectivity index (χ0n) is 19.6. The van der Waals surface area contributed by atoms with Gasteiger partial charge in [-0.25, -0.2) is 0 Å². The molecule has 3 saturated carbocycles. The monoisotopic (exact) mass is 431 g/mol. The molecule has 0 aromatic rings. The molecule has 4 aliphatic rings. The van der Waals surface area contributed by atoms with Crippen LogP contribution in [0.15, 0.2) is 16.8 Å². The minimum atomic E-state index is -1.19. The number of nitrogens with zero attached hydrogens (tertiary/aromatic N) is 1. The van der Waals surface area contributed by atoms with E-state index in [4.69, 9.17) is 9.57 Å². The molecule has 0 spiro atoms. The summed E-state index contributed by atoms with van der Waals surface area (Å²) < 4.78 is 5.81. The number of allylic oxidation sites excluding steroid dienone is 2. The Morgan fingerprint density at radius 2 is 1.90 bits per heavy atom. The molecule has 6 nitrogen and oxygen atoms in total. The van der Waals surface area contributed by atoms with Crippen molar-refractivity contribution in [2.45, 2.75) is 78.2 Å². The lowest BCUT2D eigenvalue weighted by Crippen LogP contribution is -2.60. The molecule has 6 heteroatoms. The molecule has 0 aromatic carbocycles. The number of ketones is 1. The van der Waals surface area contributed by atoms with Crippen molar-refractivity contribution in [3.63, 3.8) is 0 Å². The van der Waals surface area contributed by atoms with E-state index in [1.807, 2.05) is 0 Å². The summed E-state index contributed by atoms with van der Waals surface area (Å²) >= 11 is 0. The van der Waals surface area contributed by atoms with Gasteiger partial charge in [0.1, 0.15) is 13.7 Å². The summed E-state index contributed by atoms with van der Waals surface area (Å²) in [6.07, 6.45) is 8.59. The highest BCUT2D eigenvalue weighted by molar-refractivity contribution is 5.96. The van der Waals surface area contributed by atoms with Crippen LogP contribution in [-0.4, -0.2) is 41.9 Å². The molecular weight excluding hydrogens is 394 g/mol. The van der Waals surface area contributed by atoms with Crippen molar-refractivity contribution in [2.75, 3.05) is 13.7 Å². The van der Waals surface area contributed by atoms with Gasteiger partial charge in [-0.05, 0) is 80.1 Å². The zero-order chi connectivity index (χ0) is 22.6. The number of carbonyl (C=O) groups is 2. The van der Waals surface area contributed by atoms with Crippen molar-refractivity contribution in [1.82, 2.24) is 0 Å². The molecule has 4 rings (SSSR count). The summed E-state index contributed by atoms with van der Waals surface area (Å²) in [7, 11) is 1.60. The van der Waals surface area contributed by atoms with Crippen molar-refractivity contribution in [1.29, 1.82) is 0 Å². The van der Waals surface area contributed by atoms with Crippen LogP contribution in [0, 0.1) is 34.5 Å². The van der Waals surface area contributed by atoms with Gasteiger partial charge < -0.3 is 14.7 Å². The molecule has 0 bridgehead atoms. The van der Waals surface area contributed by atoms with E-state index in [0.29, 0.717) is 30.1 Å². The smallest absolute Gasteiger partial charge is 0.303 e. The molecule has 3 fully saturated rings. The standard InChI is InChI=1S/C25H37NO5/c1-15-12-18-19(23(3)9-6-17(26-30-5)13-21(15)23)7-10-24(4)20(18)8-11-25(24,22(29)14-27)31-16(2)28/h13,15,18-20,27H,6-12,14H2,1-5H3. The summed E-state index contributed by atoms with van der Waals surface area (Å²) in [6.45, 7) is 7.67. The van der Waals surface area contributed by atoms with Crippen LogP contribution < -0.4 is 0 Å². The number of aliphatic hydroxyl groups is 1. The maximum absolute atomic E-state index is 13.0. The van der Waals surface area contributed by atoms with Gasteiger partial charge >= 0.3 is 5.97 Å². The van der Waals surface area contributed by atoms with E-state index in [9.17, 15) is 14.7 Å². The third kappa shape index (κ3) is 3.12. The second kappa shape index (κ2) is 7.72. The van der Waals surface area contributed by atoms with Crippen LogP contribution in [0.25, 0.3) is 0 Å². The van der Waals surface area contributed by atoms with E-state index in [2.05, 4.69) is 32.0 Å². The minimum Gasteiger partial charge on any atom is -0.451 e. The van der Waals surface area contributed by atoms with E-state index >= 15 is 0 Å². The third-order valence-corrected chi connectivity index (χ3v) is 9.53. The van der Waals surface area contributed by atoms with Gasteiger partial charge in [0.25, 0.3) is 0 Å². The number of oxime groups is 1. The predicted octanol–water partition coefficient (Wildman–Crippen LogP) is 4.06. The molecule has 0 heterocycles. The van der Waals surface area contributed by atoms with Gasteiger partial charge in [-0.15, -0.1) is 0 Å². The quantitative estimate of drug-likeness (QED) is 0.536. The Morgan fingerprint density at radius 1 is 1.19 bits per heavy atom. The highest BCUT2D eigenvalue weighted by atomic mass is 16.6. The molecule has 4 aliphatic carbocycles. The average molecular weight is 432 g/mol. The first-order valence-electron chi connectivity index (χ1n) is 11.8. The summed E-state index contributed by atoms with van der Waals surface area (Å²) in [6, 6.07) is 0. The van der Waals surface area contributed by atoms with E-state index in [0.717, 1.165) is 44.2 Å². The first-order valence-corrected chi connectivity index (χ1v) is 11.8. The molecule has 1 N–H and O–H groups in total. The highest BCUT2D eigenvalue weighted by Gasteiger charge is 2.68. The molecule has 0 radical (unpaired) electrons. The summed E-state index contributed by atoms with van der Waals surface area (Å²) in [5.74, 6) is 1.02. The van der Waals surface area contributed by atoms with Gasteiger partial charge in [0, 0.05) is 12.3 Å². The largest absolute Gasteiger partial charge is 0.451 e. The number of esters is 1. The molecule has 0 saturated heterocycles. The van der Waals surface area contributed by atoms with Gasteiger partial charge in [0.05, 0.1) is 5.71 Å². The average Bonchev–Trinajstić information content (AvgIpc) is 3.01. The number of fused-ring (bicyclic) bond motifs is 5. The van der Waals surface area contributed by atoms with Crippen molar-refractivity contribution in [3.05, 3.63) is 11.6 Å². The number of carbonyl (C=O) groups excluding carboxylic acids is 2. The number of Topliss-reactive ketones (excluding diaryl/α,β-unsaturated/α-hetero) is 1. The number of hydrogen-bond donors (Lipinski definition) is 1. The van der Waals surface area contributed by atoms with Crippen LogP contribution in [0.2, 0.25) is 0 Å². The predicted molar refractivity (Wildman–Crippen MR) is 117 cm³/mol. The number of hydrogen-bond acceptors (Lipinski definition) is 6. The summed E-state index contributed by atoms with van der Waals surface area (Å²) in [5.41, 5.74) is 1.05. The number of ether oxygens (including phenoxy) is 1. The number of aliphatic hydroxyl groups excluding tert-OH is 1. The second-order valence-electron chi connectivity index (χ2n) is 10.8. The van der Waals surface area contributed by atoms with Crippen LogP contribution in [-0.2, 0) is 19.2 Å². The number of rotatable bonds is 4. The Kier molecular flexibility index (Phi) is 5.60. The Balaban J connectivity index is 1.71. The maximum Gasteiger partial charge on any atom is 0.303 e. The van der Waals surface area contributed by atoms with Gasteiger partial charge in [0.15, 0.2) is 5.60 Å². The molecular formula is C25H37NO5. The normalized spacial score (nSPS) is 45.2. The van der Waals surface area contributed by atoms with Crippen molar-refractivity contribution < 1.29 is 24.3 Å². The highest BCUT2D eigenvalue weighted by Crippen LogP contribution is 2.69. The van der Waals surface area contributed by atoms with Gasteiger partial charge in [-0.3, -0.25) is 9.59 Å². The lowest BCUT2D eigenvalue weighted by atomic mass is 9.44. The first kappa shape index (κ1) is 22.5. The molecule has 0 amide bonds. The minimum absolute atomic E-state index is 0.129. The van der Waals surface area contributed by atoms with Crippen molar-refractivity contribution >= 4 is 17.5 Å². The van der Waals surface area contributed by atoms with Crippen molar-refractivity contribution in [2.24, 2.45) is 39.7 Å². The lowest BCUT2D eigenvalue weighted by Gasteiger charge is -2.60. The van der Waals surface area contributed by atoms with E-state index in [1.54, 1.807) is 7.11 Å². The molecule has 7 unspecified atom stereocenters. The lowest BCUT2D eigenvalue weighted by molar-refractivity contribution is -0.190. The maximum atomic E-state index is 13.0. The van der Waals surface area contributed by atoms with E-state index in [1.165, 1.54) is 12.5 Å². The van der Waals surface area contributed by atoms with Crippen LogP contribution in [0.3, 0.4) is 0 Å². The fraction of sp³-hybridized carbons (Fsp3) is 0.800. The van der Waals surface area contributed by atoms with Crippen molar-refractivity contribution in [3.8, 4) is 0 Å². The molecule has 0 aliphatic heterocycles. The van der Waals surface area contributed by atoms with Crippen LogP contribution in [0.4, 0.5) is 0 Å². The Morgan fingerprint density at radius 3 is 2.55 bits per heavy atom. The molecule has 31 heavy (non-hydrogen) atoms. The van der Waals surface area contributed by atoms with Gasteiger partial charge in [-0.2, -0.15) is 0 Å². The Labute approximate surface area is 185 Å². The fourth-order valence-corrected chi connectivity index (χ4v) is 8.24. The van der Waals surface area contributed by atoms with Crippen LogP contribution >= 0.6 is 0 Å². The Hall–Kier alpha value is -1.69. The van der Waals surface area contributed by atoms with Gasteiger partial charge in [0.2, 0.25) is 5.78 Å². The topological polar surface area (TPSA) is 85.2 Å². The van der Waals surface area contributed by atoms with Crippen LogP contribution in [0.1, 0.15) is 72.6 Å². The molecule has 172 valence electrons. The third-order valence-electron chi connectivity index (χ3n) is 9.53.